The van der Waals surface area contributed by atoms with Crippen molar-refractivity contribution >= 4 is 11.6 Å². The van der Waals surface area contributed by atoms with Crippen molar-refractivity contribution in [2.45, 2.75) is 76.2 Å². The monoisotopic (exact) mass is 1520 g/mol. The molecule has 0 amide bonds. The minimum Gasteiger partial charge on any atom is -0.207 e. The number of aryl methyl sites for hydroxylation is 9. The molecule has 0 aliphatic heterocycles. The summed E-state index contributed by atoms with van der Waals surface area (Å²) in [6.07, 6.45) is 0. The molecule has 11 aromatic carbocycles. The van der Waals surface area contributed by atoms with Gasteiger partial charge in [-0.2, -0.15) is 15.8 Å². The third kappa shape index (κ3) is 33.8. The van der Waals surface area contributed by atoms with Crippen molar-refractivity contribution in [1.29, 1.82) is 15.8 Å². The molecule has 0 heterocycles. The van der Waals surface area contributed by atoms with Gasteiger partial charge < -0.3 is 0 Å². The van der Waals surface area contributed by atoms with Gasteiger partial charge in [-0.3, -0.25) is 0 Å². The van der Waals surface area contributed by atoms with Gasteiger partial charge in [0.25, 0.3) is 0 Å². The second-order valence-electron chi connectivity index (χ2n) is 21.9. The van der Waals surface area contributed by atoms with Crippen LogP contribution in [-0.2, 0) is 0 Å². The van der Waals surface area contributed by atoms with E-state index in [4.69, 9.17) is 27.4 Å². The molecular formula is C80H62ClF22N3. The van der Waals surface area contributed by atoms with Crippen molar-refractivity contribution in [3.8, 4) is 18.2 Å². The van der Waals surface area contributed by atoms with E-state index in [9.17, 15) is 96.6 Å². The zero-order chi connectivity index (χ0) is 81.0. The smallest absolute Gasteiger partial charge is 0.194 e. The second kappa shape index (κ2) is 46.4. The van der Waals surface area contributed by atoms with E-state index in [0.717, 1.165) is 96.1 Å². The molecule has 0 atom stereocenters. The summed E-state index contributed by atoms with van der Waals surface area (Å²) < 4.78 is 271. The van der Waals surface area contributed by atoms with E-state index in [0.29, 0.717) is 50.0 Å². The van der Waals surface area contributed by atoms with Crippen molar-refractivity contribution in [2.75, 3.05) is 0 Å². The normalized spacial score (nSPS) is 9.58. The molecule has 0 spiro atoms. The predicted molar refractivity (Wildman–Crippen MR) is 361 cm³/mol. The van der Waals surface area contributed by atoms with Gasteiger partial charge in [-0.05, 0) is 266 Å². The lowest BCUT2D eigenvalue weighted by molar-refractivity contribution is 0.443. The number of hydrogen-bond acceptors (Lipinski definition) is 3. The quantitative estimate of drug-likeness (QED) is 0.112. The van der Waals surface area contributed by atoms with Crippen LogP contribution in [0.25, 0.3) is 0 Å². The lowest BCUT2D eigenvalue weighted by Crippen LogP contribution is -1.92. The fourth-order valence-corrected chi connectivity index (χ4v) is 7.35. The fraction of sp³-hybridized carbons (Fsp3) is 0.138. The van der Waals surface area contributed by atoms with Crippen LogP contribution in [0.15, 0.2) is 176 Å². The van der Waals surface area contributed by atoms with Gasteiger partial charge in [0.2, 0.25) is 0 Å². The SMILES string of the molecule is Cc1c(Cl)ccc(C#N)c1F.Cc1c(F)cccc1F.Cc1cc(C#N)c(F)cc1F.Cc1cc(C#N)ccc1F.Cc1cc(F)c(F)c(F)c1.Cc1cc(F)cc(F)c1.Cc1cc(F)ccc1F.Cc1cc(F)ccc1F.Cc1ccc(F)c(F)c1.Cc1ccc(F)c(F)c1.Cc1ccc(F)c(F)c1F. The van der Waals surface area contributed by atoms with Crippen LogP contribution in [-0.4, -0.2) is 0 Å². The molecular weight excluding hydrogens is 1460 g/mol. The molecule has 0 unspecified atom stereocenters. The number of halogens is 23. The molecule has 3 nitrogen and oxygen atoms in total. The summed E-state index contributed by atoms with van der Waals surface area (Å²) in [6, 6.07) is 39.9. The highest BCUT2D eigenvalue weighted by molar-refractivity contribution is 6.31. The van der Waals surface area contributed by atoms with Gasteiger partial charge >= 0.3 is 0 Å². The predicted octanol–water partition coefficient (Wildman–Crippen LogP) is 25.3. The first-order valence-electron chi connectivity index (χ1n) is 30.1. The number of rotatable bonds is 0. The van der Waals surface area contributed by atoms with Gasteiger partial charge in [-0.25, -0.2) is 96.6 Å². The molecule has 106 heavy (non-hydrogen) atoms. The molecule has 11 aromatic rings. The van der Waals surface area contributed by atoms with Crippen LogP contribution < -0.4 is 0 Å². The molecule has 0 N–H and O–H groups in total. The summed E-state index contributed by atoms with van der Waals surface area (Å²) >= 11 is 5.59. The number of benzene rings is 11. The van der Waals surface area contributed by atoms with Gasteiger partial charge in [0.15, 0.2) is 58.2 Å². The molecule has 558 valence electrons. The van der Waals surface area contributed by atoms with Gasteiger partial charge in [0.05, 0.1) is 22.8 Å². The van der Waals surface area contributed by atoms with Crippen molar-refractivity contribution in [2.24, 2.45) is 0 Å². The highest BCUT2D eigenvalue weighted by Crippen LogP contribution is 2.21. The Morgan fingerprint density at radius 1 is 0.226 bits per heavy atom. The number of nitriles is 3. The lowest BCUT2D eigenvalue weighted by atomic mass is 10.1. The average molecular weight is 1520 g/mol. The van der Waals surface area contributed by atoms with Gasteiger partial charge in [0.1, 0.15) is 81.9 Å². The number of nitrogens with zero attached hydrogens (tertiary/aromatic N) is 3. The minimum absolute atomic E-state index is 0.0342. The fourth-order valence-electron chi connectivity index (χ4n) is 7.20. The van der Waals surface area contributed by atoms with E-state index in [2.05, 4.69) is 0 Å². The molecule has 0 radical (unpaired) electrons. The maximum atomic E-state index is 13.0. The molecule has 0 saturated heterocycles. The standard InChI is InChI=1S/C8H5ClFN.C8H5F2N.C8H6FN.2C7H5F3.6C7H6F2/c1-5-7(9)3-2-6(4-11)8(5)10;1-5-2-6(4-11)8(10)3-7(5)9;1-6-4-7(5-10)2-3-8(6)9;1-4-2-5(8)7(10)6(9)3-4;1-4-2-3-5(8)7(10)6(4)9;1-5-2-6(8)4-7(9)3-5;2*1-5-4-6(8)2-3-7(5)9;2*1-5-2-3-6(8)7(9)4-5;1-5-6(8)3-2-4-7(5)9/h2*2-3H,1H3;2-4H,1H3;2*2-3H,1H3;6*2-4H,1H3. The van der Waals surface area contributed by atoms with Crippen LogP contribution in [0.4, 0.5) is 96.6 Å². The zero-order valence-corrected chi connectivity index (χ0v) is 58.5. The lowest BCUT2D eigenvalue weighted by Gasteiger charge is -1.99. The zero-order valence-electron chi connectivity index (χ0n) is 57.8. The number of hydrogen-bond donors (Lipinski definition) is 0. The molecule has 0 saturated carbocycles. The van der Waals surface area contributed by atoms with Crippen molar-refractivity contribution in [1.82, 2.24) is 0 Å². The highest BCUT2D eigenvalue weighted by atomic mass is 35.5. The van der Waals surface area contributed by atoms with E-state index >= 15 is 0 Å². The molecule has 0 aliphatic carbocycles. The van der Waals surface area contributed by atoms with Crippen LogP contribution >= 0.6 is 11.6 Å². The third-order valence-corrected chi connectivity index (χ3v) is 13.5. The Hall–Kier alpha value is -11.4. The Kier molecular flexibility index (Phi) is 40.5. The average Bonchev–Trinajstić information content (AvgIpc) is 0.851. The van der Waals surface area contributed by atoms with Crippen molar-refractivity contribution in [3.63, 3.8) is 0 Å². The maximum Gasteiger partial charge on any atom is 0.194 e. The van der Waals surface area contributed by atoms with E-state index < -0.39 is 111 Å². The Morgan fingerprint density at radius 2 is 0.623 bits per heavy atom. The molecule has 0 aromatic heterocycles. The molecule has 11 rings (SSSR count). The minimum atomic E-state index is -1.41. The first-order chi connectivity index (χ1) is 49.5. The van der Waals surface area contributed by atoms with Crippen molar-refractivity contribution in [3.05, 3.63) is 387 Å². The summed E-state index contributed by atoms with van der Waals surface area (Å²) in [5.41, 5.74) is 4.84. The largest absolute Gasteiger partial charge is 0.207 e. The first kappa shape index (κ1) is 92.7. The summed E-state index contributed by atoms with van der Waals surface area (Å²) in [6.45, 7) is 17.0. The van der Waals surface area contributed by atoms with Crippen LogP contribution in [0, 0.1) is 238 Å². The van der Waals surface area contributed by atoms with Crippen LogP contribution in [0.5, 0.6) is 0 Å². The molecule has 0 bridgehead atoms. The Balaban J connectivity index is 0.000000583. The third-order valence-electron chi connectivity index (χ3n) is 13.1. The first-order valence-corrected chi connectivity index (χ1v) is 30.4. The summed E-state index contributed by atoms with van der Waals surface area (Å²) in [5.74, 6) is -16.3. The second-order valence-corrected chi connectivity index (χ2v) is 22.3. The van der Waals surface area contributed by atoms with E-state index in [-0.39, 0.29) is 45.3 Å². The maximum absolute atomic E-state index is 13.0. The molecule has 26 heteroatoms. The van der Waals surface area contributed by atoms with E-state index in [1.807, 2.05) is 6.07 Å². The van der Waals surface area contributed by atoms with Crippen LogP contribution in [0.1, 0.15) is 77.9 Å². The van der Waals surface area contributed by atoms with Gasteiger partial charge in [-0.1, -0.05) is 35.9 Å². The summed E-state index contributed by atoms with van der Waals surface area (Å²) in [4.78, 5) is 0. The van der Waals surface area contributed by atoms with E-state index in [1.54, 1.807) is 46.8 Å². The van der Waals surface area contributed by atoms with Gasteiger partial charge in [-0.15, -0.1) is 0 Å². The highest BCUT2D eigenvalue weighted by Gasteiger charge is 2.12. The molecule has 0 fully saturated rings. The Labute approximate surface area is 602 Å². The van der Waals surface area contributed by atoms with Crippen molar-refractivity contribution < 1.29 is 96.6 Å². The van der Waals surface area contributed by atoms with Crippen LogP contribution in [0.2, 0.25) is 5.02 Å². The van der Waals surface area contributed by atoms with Gasteiger partial charge in [0, 0.05) is 28.3 Å². The Morgan fingerprint density at radius 3 is 0.991 bits per heavy atom. The summed E-state index contributed by atoms with van der Waals surface area (Å²) in [5, 5.41) is 25.5. The summed E-state index contributed by atoms with van der Waals surface area (Å²) in [7, 11) is 0. The molecule has 0 aliphatic rings. The van der Waals surface area contributed by atoms with Crippen LogP contribution in [0.3, 0.4) is 0 Å². The Bertz CT molecular complexity index is 4520. The topological polar surface area (TPSA) is 71.4 Å². The van der Waals surface area contributed by atoms with E-state index in [1.165, 1.54) is 126 Å².